The number of hydrogen-bond donors (Lipinski definition) is 0. The molecule has 1 aliphatic rings. The van der Waals surface area contributed by atoms with Crippen LogP contribution in [0.2, 0.25) is 0 Å². The highest BCUT2D eigenvalue weighted by molar-refractivity contribution is 7.89. The molecule has 4 heteroatoms. The van der Waals surface area contributed by atoms with Crippen molar-refractivity contribution in [2.24, 2.45) is 5.92 Å². The van der Waals surface area contributed by atoms with Gasteiger partial charge in [0.15, 0.2) is 0 Å². The molecule has 2 atom stereocenters. The van der Waals surface area contributed by atoms with Crippen molar-refractivity contribution in [3.8, 4) is 0 Å². The zero-order chi connectivity index (χ0) is 19.9. The fourth-order valence-corrected chi connectivity index (χ4v) is 5.54. The maximum absolute atomic E-state index is 13.6. The molecule has 0 saturated heterocycles. The number of nitrogens with zero attached hydrogens (tertiary/aromatic N) is 1. The summed E-state index contributed by atoms with van der Waals surface area (Å²) < 4.78 is 29.0. The van der Waals surface area contributed by atoms with Gasteiger partial charge in [-0.1, -0.05) is 78.7 Å². The summed E-state index contributed by atoms with van der Waals surface area (Å²) in [6.45, 7) is 6.69. The van der Waals surface area contributed by atoms with Crippen LogP contribution < -0.4 is 0 Å². The van der Waals surface area contributed by atoms with Crippen LogP contribution in [0.25, 0.3) is 10.8 Å². The lowest BCUT2D eigenvalue weighted by Crippen LogP contribution is -2.40. The van der Waals surface area contributed by atoms with Crippen LogP contribution in [0.5, 0.6) is 0 Å². The van der Waals surface area contributed by atoms with Crippen LogP contribution in [-0.2, 0) is 10.0 Å². The first-order valence-corrected chi connectivity index (χ1v) is 11.1. The van der Waals surface area contributed by atoms with Crippen molar-refractivity contribution in [3.63, 3.8) is 0 Å². The molecule has 4 rings (SSSR count). The van der Waals surface area contributed by atoms with Crippen LogP contribution in [0.4, 0.5) is 0 Å². The molecule has 0 aliphatic carbocycles. The summed E-state index contributed by atoms with van der Waals surface area (Å²) in [5.41, 5.74) is 3.37. The maximum Gasteiger partial charge on any atom is 0.243 e. The lowest BCUT2D eigenvalue weighted by molar-refractivity contribution is 0.314. The van der Waals surface area contributed by atoms with Crippen LogP contribution in [0.15, 0.2) is 83.3 Å². The molecule has 0 aromatic heterocycles. The van der Waals surface area contributed by atoms with Gasteiger partial charge in [-0.25, -0.2) is 8.42 Å². The quantitative estimate of drug-likeness (QED) is 0.555. The monoisotopic (exact) mass is 391 g/mol. The topological polar surface area (TPSA) is 37.4 Å². The maximum atomic E-state index is 13.6. The molecule has 0 amide bonds. The molecule has 1 heterocycles. The Hall–Kier alpha value is -2.43. The van der Waals surface area contributed by atoms with Crippen LogP contribution in [0.3, 0.4) is 0 Å². The summed E-state index contributed by atoms with van der Waals surface area (Å²) in [5.74, 6) is 0.191. The molecule has 3 nitrogen and oxygen atoms in total. The Kier molecular flexibility index (Phi) is 4.86. The number of rotatable bonds is 3. The van der Waals surface area contributed by atoms with Crippen LogP contribution in [0, 0.1) is 12.8 Å². The molecule has 144 valence electrons. The molecule has 0 bridgehead atoms. The standard InChI is InChI=1S/C24H25NO2S/c1-17-7-6-10-22(13-17)24-14-18(2)19(3)16-25(24)28(26,27)23-12-11-20-8-4-5-9-21(20)15-23/h4-15,19,24H,16H2,1-3H3/t19-,24?/m0/s1. The third-order valence-electron chi connectivity index (χ3n) is 5.67. The molecule has 3 aromatic rings. The first-order chi connectivity index (χ1) is 13.4. The molecule has 1 aliphatic heterocycles. The van der Waals surface area contributed by atoms with E-state index in [9.17, 15) is 8.42 Å². The van der Waals surface area contributed by atoms with Gasteiger partial charge in [0.05, 0.1) is 10.9 Å². The largest absolute Gasteiger partial charge is 0.243 e. The van der Waals surface area contributed by atoms with Gasteiger partial charge in [-0.15, -0.1) is 0 Å². The van der Waals surface area contributed by atoms with E-state index in [1.807, 2.05) is 55.5 Å². The second kappa shape index (κ2) is 7.19. The second-order valence-corrected chi connectivity index (χ2v) is 9.64. The minimum Gasteiger partial charge on any atom is -0.207 e. The van der Waals surface area contributed by atoms with Crippen LogP contribution in [0.1, 0.15) is 31.0 Å². The third-order valence-corrected chi connectivity index (χ3v) is 7.52. The highest BCUT2D eigenvalue weighted by atomic mass is 32.2. The fraction of sp³-hybridized carbons (Fsp3) is 0.250. The van der Waals surface area contributed by atoms with Crippen molar-refractivity contribution in [1.82, 2.24) is 4.31 Å². The Balaban J connectivity index is 1.83. The molecule has 1 unspecified atom stereocenters. The van der Waals surface area contributed by atoms with E-state index in [2.05, 4.69) is 26.0 Å². The minimum atomic E-state index is -3.63. The third kappa shape index (κ3) is 3.38. The molecule has 0 spiro atoms. The van der Waals surface area contributed by atoms with Gasteiger partial charge in [0.2, 0.25) is 10.0 Å². The summed E-state index contributed by atoms with van der Waals surface area (Å²) in [5, 5.41) is 1.98. The summed E-state index contributed by atoms with van der Waals surface area (Å²) in [4.78, 5) is 0.351. The van der Waals surface area contributed by atoms with Crippen molar-refractivity contribution in [2.45, 2.75) is 31.7 Å². The second-order valence-electron chi connectivity index (χ2n) is 7.75. The fourth-order valence-electron chi connectivity index (χ4n) is 3.85. The van der Waals surface area contributed by atoms with Crippen molar-refractivity contribution >= 4 is 20.8 Å². The van der Waals surface area contributed by atoms with E-state index in [-0.39, 0.29) is 12.0 Å². The van der Waals surface area contributed by atoms with Crippen LogP contribution in [-0.4, -0.2) is 19.3 Å². The van der Waals surface area contributed by atoms with E-state index in [1.165, 1.54) is 5.57 Å². The number of aryl methyl sites for hydroxylation is 1. The van der Waals surface area contributed by atoms with E-state index >= 15 is 0 Å². The average Bonchev–Trinajstić information content (AvgIpc) is 2.69. The lowest BCUT2D eigenvalue weighted by Gasteiger charge is -2.36. The average molecular weight is 392 g/mol. The van der Waals surface area contributed by atoms with Gasteiger partial charge in [0.25, 0.3) is 0 Å². The smallest absolute Gasteiger partial charge is 0.207 e. The normalized spacial score (nSPS) is 20.9. The Bertz CT molecular complexity index is 1160. The lowest BCUT2D eigenvalue weighted by atomic mass is 9.92. The Morgan fingerprint density at radius 1 is 0.893 bits per heavy atom. The van der Waals surface area contributed by atoms with E-state index in [0.29, 0.717) is 11.4 Å². The van der Waals surface area contributed by atoms with E-state index in [1.54, 1.807) is 16.4 Å². The summed E-state index contributed by atoms with van der Waals surface area (Å²) in [6, 6.07) is 21.1. The first kappa shape index (κ1) is 18.9. The van der Waals surface area contributed by atoms with Gasteiger partial charge in [-0.05, 0) is 48.2 Å². The predicted octanol–water partition coefficient (Wildman–Crippen LogP) is 5.48. The number of benzene rings is 3. The van der Waals surface area contributed by atoms with Crippen molar-refractivity contribution < 1.29 is 8.42 Å². The molecule has 0 N–H and O–H groups in total. The van der Waals surface area contributed by atoms with Gasteiger partial charge >= 0.3 is 0 Å². The number of sulfonamides is 1. The Morgan fingerprint density at radius 3 is 2.39 bits per heavy atom. The first-order valence-electron chi connectivity index (χ1n) is 9.62. The van der Waals surface area contributed by atoms with Crippen molar-refractivity contribution in [3.05, 3.63) is 89.5 Å². The zero-order valence-corrected chi connectivity index (χ0v) is 17.3. The molecule has 28 heavy (non-hydrogen) atoms. The van der Waals surface area contributed by atoms with E-state index in [0.717, 1.165) is 21.9 Å². The van der Waals surface area contributed by atoms with Crippen LogP contribution >= 0.6 is 0 Å². The predicted molar refractivity (Wildman–Crippen MR) is 115 cm³/mol. The van der Waals surface area contributed by atoms with Gasteiger partial charge < -0.3 is 0 Å². The molecule has 0 saturated carbocycles. The SMILES string of the molecule is CC1=CC(c2cccc(C)c2)N(S(=O)(=O)c2ccc3ccccc3c2)C[C@@H]1C. The Morgan fingerprint density at radius 2 is 1.64 bits per heavy atom. The molecule has 3 aromatic carbocycles. The molecule has 0 fully saturated rings. The van der Waals surface area contributed by atoms with Gasteiger partial charge in [0.1, 0.15) is 0 Å². The molecular formula is C24H25NO2S. The zero-order valence-electron chi connectivity index (χ0n) is 16.5. The van der Waals surface area contributed by atoms with Gasteiger partial charge in [-0.2, -0.15) is 4.31 Å². The number of hydrogen-bond acceptors (Lipinski definition) is 2. The molecule has 0 radical (unpaired) electrons. The highest BCUT2D eigenvalue weighted by Gasteiger charge is 2.36. The highest BCUT2D eigenvalue weighted by Crippen LogP contribution is 2.36. The van der Waals surface area contributed by atoms with Crippen molar-refractivity contribution in [1.29, 1.82) is 0 Å². The van der Waals surface area contributed by atoms with E-state index in [4.69, 9.17) is 0 Å². The minimum absolute atomic E-state index is 0.191. The summed E-state index contributed by atoms with van der Waals surface area (Å²) >= 11 is 0. The van der Waals surface area contributed by atoms with Gasteiger partial charge in [0, 0.05) is 6.54 Å². The summed E-state index contributed by atoms with van der Waals surface area (Å²) in [7, 11) is -3.63. The van der Waals surface area contributed by atoms with Gasteiger partial charge in [-0.3, -0.25) is 0 Å². The van der Waals surface area contributed by atoms with E-state index < -0.39 is 10.0 Å². The molecular weight excluding hydrogens is 366 g/mol. The number of fused-ring (bicyclic) bond motifs is 1. The Labute approximate surface area is 167 Å². The summed E-state index contributed by atoms with van der Waals surface area (Å²) in [6.07, 6.45) is 2.10. The van der Waals surface area contributed by atoms with Crippen molar-refractivity contribution in [2.75, 3.05) is 6.54 Å².